The van der Waals surface area contributed by atoms with Gasteiger partial charge in [0.1, 0.15) is 11.5 Å². The first-order valence-electron chi connectivity index (χ1n) is 6.02. The number of rotatable bonds is 3. The van der Waals surface area contributed by atoms with Gasteiger partial charge in [0.25, 0.3) is 6.01 Å². The van der Waals surface area contributed by atoms with Gasteiger partial charge in [0, 0.05) is 11.3 Å². The fourth-order valence-corrected chi connectivity index (χ4v) is 1.79. The number of anilines is 2. The van der Waals surface area contributed by atoms with Crippen molar-refractivity contribution in [3.05, 3.63) is 54.7 Å². The number of nitrogens with zero attached hydrogens (tertiary/aromatic N) is 1. The summed E-state index contributed by atoms with van der Waals surface area (Å²) in [6.07, 6.45) is 1.58. The molecule has 0 bridgehead atoms. The van der Waals surface area contributed by atoms with E-state index in [1.54, 1.807) is 48.7 Å². The van der Waals surface area contributed by atoms with Gasteiger partial charge in [0.15, 0.2) is 5.76 Å². The van der Waals surface area contributed by atoms with Crippen LogP contribution in [0.2, 0.25) is 0 Å². The van der Waals surface area contributed by atoms with Crippen LogP contribution in [0.5, 0.6) is 11.5 Å². The van der Waals surface area contributed by atoms with Gasteiger partial charge in [-0.15, -0.1) is 0 Å². The summed E-state index contributed by atoms with van der Waals surface area (Å²) in [5.74, 6) is 0.928. The van der Waals surface area contributed by atoms with Crippen molar-refractivity contribution in [1.29, 1.82) is 0 Å². The third-order valence-corrected chi connectivity index (χ3v) is 2.75. The van der Waals surface area contributed by atoms with Crippen molar-refractivity contribution in [1.82, 2.24) is 4.98 Å². The smallest absolute Gasteiger partial charge is 0.299 e. The Bertz CT molecular complexity index is 720. The molecule has 2 aromatic carbocycles. The van der Waals surface area contributed by atoms with Gasteiger partial charge >= 0.3 is 0 Å². The molecule has 5 nitrogen and oxygen atoms in total. The van der Waals surface area contributed by atoms with Gasteiger partial charge in [-0.3, -0.25) is 0 Å². The summed E-state index contributed by atoms with van der Waals surface area (Å²) in [6, 6.07) is 13.7. The molecule has 3 aromatic rings. The maximum absolute atomic E-state index is 9.44. The Kier molecular flexibility index (Phi) is 3.01. The SMILES string of the molecule is Oc1ccc(Nc2ncc(-c3cccc(O)c3)o2)cc1. The number of oxazole rings is 1. The third kappa shape index (κ3) is 2.56. The Labute approximate surface area is 115 Å². The summed E-state index contributed by atoms with van der Waals surface area (Å²) in [5, 5.41) is 21.6. The summed E-state index contributed by atoms with van der Waals surface area (Å²) in [6.45, 7) is 0. The van der Waals surface area contributed by atoms with Crippen LogP contribution in [0.15, 0.2) is 59.1 Å². The van der Waals surface area contributed by atoms with Crippen molar-refractivity contribution in [2.45, 2.75) is 0 Å². The van der Waals surface area contributed by atoms with Crippen LogP contribution in [0.25, 0.3) is 11.3 Å². The number of phenolic OH excluding ortho intramolecular Hbond substituents is 2. The summed E-state index contributed by atoms with van der Waals surface area (Å²) in [4.78, 5) is 4.12. The summed E-state index contributed by atoms with van der Waals surface area (Å²) in [5.41, 5.74) is 1.50. The Balaban J connectivity index is 1.82. The summed E-state index contributed by atoms with van der Waals surface area (Å²) < 4.78 is 5.56. The molecule has 0 saturated heterocycles. The zero-order chi connectivity index (χ0) is 13.9. The minimum atomic E-state index is 0.173. The number of aromatic hydroxyl groups is 2. The van der Waals surface area contributed by atoms with E-state index in [0.717, 1.165) is 11.3 Å². The zero-order valence-electron chi connectivity index (χ0n) is 10.4. The van der Waals surface area contributed by atoms with Gasteiger partial charge in [-0.05, 0) is 36.4 Å². The minimum absolute atomic E-state index is 0.173. The Hall–Kier alpha value is -2.95. The van der Waals surface area contributed by atoms with Crippen molar-refractivity contribution in [2.24, 2.45) is 0 Å². The van der Waals surface area contributed by atoms with E-state index < -0.39 is 0 Å². The molecule has 3 N–H and O–H groups in total. The predicted molar refractivity (Wildman–Crippen MR) is 75.0 cm³/mol. The Morgan fingerprint density at radius 2 is 1.75 bits per heavy atom. The second kappa shape index (κ2) is 4.97. The number of phenols is 2. The highest BCUT2D eigenvalue weighted by molar-refractivity contribution is 5.61. The lowest BCUT2D eigenvalue weighted by Gasteiger charge is -2.01. The van der Waals surface area contributed by atoms with E-state index in [4.69, 9.17) is 4.42 Å². The standard InChI is InChI=1S/C15H12N2O3/c18-12-6-4-11(5-7-12)17-15-16-9-14(20-15)10-2-1-3-13(19)8-10/h1-9,18-19H,(H,16,17). The molecular weight excluding hydrogens is 256 g/mol. The van der Waals surface area contributed by atoms with Gasteiger partial charge in [-0.25, -0.2) is 4.98 Å². The lowest BCUT2D eigenvalue weighted by atomic mass is 10.2. The molecule has 0 unspecified atom stereocenters. The Morgan fingerprint density at radius 3 is 2.50 bits per heavy atom. The van der Waals surface area contributed by atoms with E-state index in [0.29, 0.717) is 11.8 Å². The van der Waals surface area contributed by atoms with Crippen molar-refractivity contribution in [3.8, 4) is 22.8 Å². The van der Waals surface area contributed by atoms with Gasteiger partial charge < -0.3 is 19.9 Å². The minimum Gasteiger partial charge on any atom is -0.508 e. The molecule has 0 aliphatic heterocycles. The van der Waals surface area contributed by atoms with Crippen molar-refractivity contribution in [3.63, 3.8) is 0 Å². The number of aromatic nitrogens is 1. The van der Waals surface area contributed by atoms with E-state index in [9.17, 15) is 10.2 Å². The number of hydrogen-bond acceptors (Lipinski definition) is 5. The molecule has 0 aliphatic rings. The van der Waals surface area contributed by atoms with Gasteiger partial charge in [0.2, 0.25) is 0 Å². The van der Waals surface area contributed by atoms with E-state index >= 15 is 0 Å². The summed E-state index contributed by atoms with van der Waals surface area (Å²) >= 11 is 0. The highest BCUT2D eigenvalue weighted by Gasteiger charge is 2.07. The highest BCUT2D eigenvalue weighted by Crippen LogP contribution is 2.27. The fraction of sp³-hybridized carbons (Fsp3) is 0. The molecule has 1 heterocycles. The van der Waals surface area contributed by atoms with E-state index in [2.05, 4.69) is 10.3 Å². The van der Waals surface area contributed by atoms with Gasteiger partial charge in [-0.2, -0.15) is 0 Å². The molecule has 0 fully saturated rings. The second-order valence-corrected chi connectivity index (χ2v) is 4.25. The zero-order valence-corrected chi connectivity index (χ0v) is 10.4. The molecule has 0 saturated carbocycles. The van der Waals surface area contributed by atoms with Crippen LogP contribution in [0, 0.1) is 0 Å². The van der Waals surface area contributed by atoms with E-state index in [1.165, 1.54) is 0 Å². The first-order valence-corrected chi connectivity index (χ1v) is 6.02. The maximum Gasteiger partial charge on any atom is 0.299 e. The average Bonchev–Trinajstić information content (AvgIpc) is 2.90. The monoisotopic (exact) mass is 268 g/mol. The van der Waals surface area contributed by atoms with Crippen LogP contribution in [-0.4, -0.2) is 15.2 Å². The molecule has 0 radical (unpaired) electrons. The number of hydrogen-bond donors (Lipinski definition) is 3. The molecule has 1 aromatic heterocycles. The molecule has 0 spiro atoms. The molecule has 3 rings (SSSR count). The van der Waals surface area contributed by atoms with Crippen LogP contribution in [-0.2, 0) is 0 Å². The van der Waals surface area contributed by atoms with Crippen molar-refractivity contribution < 1.29 is 14.6 Å². The molecule has 100 valence electrons. The van der Waals surface area contributed by atoms with E-state index in [1.807, 2.05) is 6.07 Å². The molecule has 5 heteroatoms. The molecule has 0 amide bonds. The van der Waals surface area contributed by atoms with Crippen LogP contribution >= 0.6 is 0 Å². The largest absolute Gasteiger partial charge is 0.508 e. The second-order valence-electron chi connectivity index (χ2n) is 4.25. The Morgan fingerprint density at radius 1 is 0.950 bits per heavy atom. The van der Waals surface area contributed by atoms with Crippen LogP contribution < -0.4 is 5.32 Å². The van der Waals surface area contributed by atoms with Crippen molar-refractivity contribution in [2.75, 3.05) is 5.32 Å². The normalized spacial score (nSPS) is 10.4. The van der Waals surface area contributed by atoms with Crippen molar-refractivity contribution >= 4 is 11.7 Å². The van der Waals surface area contributed by atoms with Crippen LogP contribution in [0.4, 0.5) is 11.7 Å². The molecule has 0 atom stereocenters. The number of nitrogens with one attached hydrogen (secondary N) is 1. The van der Waals surface area contributed by atoms with E-state index in [-0.39, 0.29) is 11.5 Å². The predicted octanol–water partition coefficient (Wildman–Crippen LogP) is 3.50. The third-order valence-electron chi connectivity index (χ3n) is 2.75. The maximum atomic E-state index is 9.44. The first-order chi connectivity index (χ1) is 9.70. The van der Waals surface area contributed by atoms with Gasteiger partial charge in [0.05, 0.1) is 6.20 Å². The first kappa shape index (κ1) is 12.1. The summed E-state index contributed by atoms with van der Waals surface area (Å²) in [7, 11) is 0. The van der Waals surface area contributed by atoms with Crippen LogP contribution in [0.3, 0.4) is 0 Å². The quantitative estimate of drug-likeness (QED) is 0.634. The number of benzene rings is 2. The average molecular weight is 268 g/mol. The fourth-order valence-electron chi connectivity index (χ4n) is 1.79. The molecule has 0 aliphatic carbocycles. The topological polar surface area (TPSA) is 78.5 Å². The highest BCUT2D eigenvalue weighted by atomic mass is 16.4. The molecular formula is C15H12N2O3. The lowest BCUT2D eigenvalue weighted by Crippen LogP contribution is -1.88. The van der Waals surface area contributed by atoms with Gasteiger partial charge in [-0.1, -0.05) is 12.1 Å². The lowest BCUT2D eigenvalue weighted by molar-refractivity contribution is 0.475. The molecule has 20 heavy (non-hydrogen) atoms. The van der Waals surface area contributed by atoms with Crippen LogP contribution in [0.1, 0.15) is 0 Å².